The second-order valence-electron chi connectivity index (χ2n) is 16.8. The third-order valence-corrected chi connectivity index (χ3v) is 12.3. The molecule has 8 aromatic rings. The zero-order valence-corrected chi connectivity index (χ0v) is 38.4. The molecule has 2 N–H and O–H groups in total. The highest BCUT2D eigenvalue weighted by Gasteiger charge is 2.34. The fourth-order valence-electron chi connectivity index (χ4n) is 8.53. The van der Waals surface area contributed by atoms with E-state index < -0.39 is 52.5 Å². The zero-order valence-electron chi connectivity index (χ0n) is 38.4. The van der Waals surface area contributed by atoms with Crippen molar-refractivity contribution in [2.24, 2.45) is 7.05 Å². The van der Waals surface area contributed by atoms with Gasteiger partial charge in [-0.05, 0) is 76.3 Å². The third kappa shape index (κ3) is 9.74. The number of aromatic carboxylic acids is 1. The van der Waals surface area contributed by atoms with Gasteiger partial charge in [0.05, 0.1) is 47.6 Å². The van der Waals surface area contributed by atoms with E-state index in [2.05, 4.69) is 5.32 Å². The third-order valence-electron chi connectivity index (χ3n) is 12.3. The summed E-state index contributed by atoms with van der Waals surface area (Å²) >= 11 is 0. The average molecular weight is 956 g/mol. The Morgan fingerprint density at radius 3 is 1.89 bits per heavy atom. The number of amides is 1. The van der Waals surface area contributed by atoms with Gasteiger partial charge in [-0.25, -0.2) is 19.2 Å². The summed E-state index contributed by atoms with van der Waals surface area (Å²) < 4.78 is 26.9. The molecule has 0 aliphatic carbocycles. The van der Waals surface area contributed by atoms with Crippen LogP contribution in [0.5, 0.6) is 5.75 Å². The number of nitrogens with one attached hydrogen (secondary N) is 1. The minimum absolute atomic E-state index is 0.0420. The Hall–Kier alpha value is -9.25. The van der Waals surface area contributed by atoms with Gasteiger partial charge in [0.25, 0.3) is 17.0 Å². The van der Waals surface area contributed by atoms with Crippen LogP contribution in [0.2, 0.25) is 0 Å². The van der Waals surface area contributed by atoms with Gasteiger partial charge in [-0.2, -0.15) is 0 Å². The van der Waals surface area contributed by atoms with Gasteiger partial charge in [-0.15, -0.1) is 0 Å². The zero-order chi connectivity index (χ0) is 49.8. The van der Waals surface area contributed by atoms with Crippen LogP contribution in [0.4, 0.5) is 0 Å². The number of aromatic nitrogens is 4. The number of methoxy groups -OCH3 is 1. The second-order valence-corrected chi connectivity index (χ2v) is 16.8. The van der Waals surface area contributed by atoms with Gasteiger partial charge >= 0.3 is 23.3 Å². The molecule has 0 bridgehead atoms. The molecule has 17 nitrogen and oxygen atoms in total. The Bertz CT molecular complexity index is 3620. The Labute approximate surface area is 403 Å². The van der Waals surface area contributed by atoms with Gasteiger partial charge in [0.1, 0.15) is 12.0 Å². The molecule has 1 aliphatic heterocycles. The number of hydrogen-bond donors (Lipinski definition) is 2. The molecule has 2 aromatic heterocycles. The molecule has 3 heterocycles. The van der Waals surface area contributed by atoms with Crippen LogP contribution in [-0.2, 0) is 52.1 Å². The van der Waals surface area contributed by atoms with Crippen molar-refractivity contribution in [3.63, 3.8) is 0 Å². The molecular formula is C54H45N5O12. The van der Waals surface area contributed by atoms with Gasteiger partial charge < -0.3 is 29.4 Å². The molecule has 1 amide bonds. The van der Waals surface area contributed by atoms with Crippen molar-refractivity contribution in [3.05, 3.63) is 238 Å². The maximum absolute atomic E-state index is 15.1. The van der Waals surface area contributed by atoms with Crippen molar-refractivity contribution in [1.82, 2.24) is 23.6 Å². The van der Waals surface area contributed by atoms with E-state index >= 15 is 4.79 Å². The molecule has 17 heteroatoms. The summed E-state index contributed by atoms with van der Waals surface area (Å²) in [4.78, 5) is 97.7. The number of fused-ring (bicyclic) bond motifs is 2. The minimum Gasteiger partial charge on any atom is -0.497 e. The number of benzene rings is 6. The van der Waals surface area contributed by atoms with Crippen molar-refractivity contribution in [1.29, 1.82) is 0 Å². The highest BCUT2D eigenvalue weighted by atomic mass is 16.7. The first-order chi connectivity index (χ1) is 34.4. The first kappa shape index (κ1) is 46.8. The first-order valence-electron chi connectivity index (χ1n) is 22.4. The van der Waals surface area contributed by atoms with Crippen molar-refractivity contribution in [2.45, 2.75) is 38.2 Å². The Kier molecular flexibility index (Phi) is 13.3. The van der Waals surface area contributed by atoms with Crippen LogP contribution in [0.15, 0.2) is 177 Å². The number of carboxylic acids is 1. The number of esters is 1. The minimum atomic E-state index is -1.61. The lowest BCUT2D eigenvalue weighted by atomic mass is 10.0. The molecule has 0 saturated carbocycles. The topological polar surface area (TPSA) is 208 Å². The van der Waals surface area contributed by atoms with Crippen LogP contribution >= 0.6 is 0 Å². The molecule has 0 saturated heterocycles. The molecule has 2 unspecified atom stereocenters. The predicted molar refractivity (Wildman–Crippen MR) is 261 cm³/mol. The van der Waals surface area contributed by atoms with E-state index in [1.165, 1.54) is 42.1 Å². The lowest BCUT2D eigenvalue weighted by Gasteiger charge is -2.25. The summed E-state index contributed by atoms with van der Waals surface area (Å²) in [5.41, 5.74) is 0.201. The van der Waals surface area contributed by atoms with Crippen LogP contribution in [0.1, 0.15) is 54.6 Å². The largest absolute Gasteiger partial charge is 0.497 e. The maximum atomic E-state index is 15.1. The van der Waals surface area contributed by atoms with Gasteiger partial charge in [0.2, 0.25) is 6.79 Å². The molecular weight excluding hydrogens is 911 g/mol. The van der Waals surface area contributed by atoms with Gasteiger partial charge in [0, 0.05) is 25.6 Å². The van der Waals surface area contributed by atoms with Crippen LogP contribution in [-0.4, -0.2) is 61.2 Å². The number of rotatable bonds is 16. The molecule has 9 rings (SSSR count). The number of carbonyl (C=O) groups excluding carboxylic acids is 2. The number of aryl methyl sites for hydroxylation is 1. The van der Waals surface area contributed by atoms with Crippen molar-refractivity contribution in [2.75, 3.05) is 13.9 Å². The summed E-state index contributed by atoms with van der Waals surface area (Å²) in [5.74, 6) is -1.78. The Morgan fingerprint density at radius 1 is 0.676 bits per heavy atom. The number of carbonyl (C=O) groups is 3. The average Bonchev–Trinajstić information content (AvgIpc) is 3.95. The van der Waals surface area contributed by atoms with Crippen LogP contribution in [0.25, 0.3) is 21.8 Å². The molecule has 1 aliphatic rings. The monoisotopic (exact) mass is 955 g/mol. The van der Waals surface area contributed by atoms with Crippen LogP contribution < -0.4 is 32.6 Å². The number of ether oxygens (including phenoxy) is 4. The first-order valence-corrected chi connectivity index (χ1v) is 22.4. The lowest BCUT2D eigenvalue weighted by Crippen LogP contribution is -2.44. The molecule has 6 aromatic carbocycles. The SMILES string of the molecule is COc1ccc(CNC(=O)c2ccc3c(c2)c(=O)n(Cc2ccc(C(C(=O)OC(Cc4ccccc4)C4=COCO4)n4c(=O)n(Cc5ccccc5)c(=O)c5cc(C(=O)O)ccc54)cc2)c(=O)n3C)cc1. The van der Waals surface area contributed by atoms with Crippen molar-refractivity contribution < 1.29 is 38.4 Å². The van der Waals surface area contributed by atoms with E-state index in [1.54, 1.807) is 79.9 Å². The van der Waals surface area contributed by atoms with E-state index in [9.17, 15) is 33.9 Å². The van der Waals surface area contributed by atoms with Gasteiger partial charge in [-0.1, -0.05) is 97.1 Å². The molecule has 0 spiro atoms. The Balaban J connectivity index is 1.11. The van der Waals surface area contributed by atoms with E-state index in [-0.39, 0.29) is 71.6 Å². The number of nitrogens with zero attached hydrogens (tertiary/aromatic N) is 4. The maximum Gasteiger partial charge on any atom is 0.335 e. The lowest BCUT2D eigenvalue weighted by molar-refractivity contribution is -0.151. The summed E-state index contributed by atoms with van der Waals surface area (Å²) in [6.07, 6.45) is 0.462. The summed E-state index contributed by atoms with van der Waals surface area (Å²) in [6, 6.07) is 38.0. The fourth-order valence-corrected chi connectivity index (χ4v) is 8.53. The standard InChI is InChI=1S/C54H45N5O12/c1-56-43-23-19-38(48(60)55-28-34-15-21-40(68-2)22-16-34)26-41(43)49(61)57(53(56)66)30-36-13-17-37(18-14-36)47(52(65)71-45(46-31-69-32-70-46)25-33-9-5-3-6-10-33)59-44-24-20-39(51(63)64)27-42(44)50(62)58(54(59)67)29-35-11-7-4-8-12-35/h3-24,26-27,31,45,47H,25,28-30,32H2,1-2H3,(H,55,60)(H,63,64). The molecule has 71 heavy (non-hydrogen) atoms. The van der Waals surface area contributed by atoms with Crippen LogP contribution in [0.3, 0.4) is 0 Å². The summed E-state index contributed by atoms with van der Waals surface area (Å²) in [7, 11) is 3.08. The molecule has 0 fully saturated rings. The summed E-state index contributed by atoms with van der Waals surface area (Å²) in [5, 5.41) is 12.8. The molecule has 358 valence electrons. The normalized spacial score (nSPS) is 12.9. The van der Waals surface area contributed by atoms with Gasteiger partial charge in [-0.3, -0.25) is 32.7 Å². The van der Waals surface area contributed by atoms with Crippen molar-refractivity contribution in [3.8, 4) is 5.75 Å². The number of hydrogen-bond acceptors (Lipinski definition) is 11. The summed E-state index contributed by atoms with van der Waals surface area (Å²) in [6.45, 7) is -0.337. The Morgan fingerprint density at radius 2 is 1.25 bits per heavy atom. The van der Waals surface area contributed by atoms with E-state index in [0.717, 1.165) is 30.9 Å². The van der Waals surface area contributed by atoms with E-state index in [4.69, 9.17) is 18.9 Å². The quantitative estimate of drug-likeness (QED) is 0.115. The van der Waals surface area contributed by atoms with Crippen LogP contribution in [0, 0.1) is 0 Å². The van der Waals surface area contributed by atoms with Crippen molar-refractivity contribution >= 4 is 39.7 Å². The van der Waals surface area contributed by atoms with Gasteiger partial charge in [0.15, 0.2) is 17.9 Å². The molecule has 2 atom stereocenters. The fraction of sp³-hybridized carbons (Fsp3) is 0.167. The highest BCUT2D eigenvalue weighted by molar-refractivity contribution is 5.98. The second kappa shape index (κ2) is 20.1. The number of carboxylic acid groups (broad SMARTS) is 1. The predicted octanol–water partition coefficient (Wildman–Crippen LogP) is 5.50. The smallest absolute Gasteiger partial charge is 0.335 e. The van der Waals surface area contributed by atoms with E-state index in [0.29, 0.717) is 22.4 Å². The van der Waals surface area contributed by atoms with E-state index in [1.807, 2.05) is 42.5 Å². The molecule has 0 radical (unpaired) electrons. The highest BCUT2D eigenvalue weighted by Crippen LogP contribution is 2.28.